The Morgan fingerprint density at radius 2 is 1.75 bits per heavy atom. The minimum absolute atomic E-state index is 0.0652. The molecule has 3 heteroatoms. The third-order valence-electron chi connectivity index (χ3n) is 3.68. The summed E-state index contributed by atoms with van der Waals surface area (Å²) >= 11 is 0. The molecule has 0 spiro atoms. The highest BCUT2D eigenvalue weighted by Gasteiger charge is 2.38. The second-order valence-corrected chi connectivity index (χ2v) is 5.06. The number of nitrogens with one attached hydrogen (secondary N) is 1. The minimum Gasteiger partial charge on any atom is -0.467 e. The molecule has 0 aliphatic carbocycles. The maximum Gasteiger partial charge on any atom is 0.258 e. The molecule has 1 amide bonds. The maximum atomic E-state index is 12.3. The number of benzene rings is 2. The standard InChI is InChI=1S/C17H17NO2/c1-2-17(12-13-8-4-3-5-9-13)18-16(19)14-10-6-7-11-15(14)20-17/h3-11H,2,12H2,1H3,(H,18,19)/t17-/m1/s1. The van der Waals surface area contributed by atoms with Gasteiger partial charge in [0.05, 0.1) is 5.56 Å². The molecule has 2 aromatic carbocycles. The molecule has 1 aliphatic heterocycles. The van der Waals surface area contributed by atoms with Crippen LogP contribution in [0.5, 0.6) is 5.75 Å². The van der Waals surface area contributed by atoms with Gasteiger partial charge in [0.15, 0.2) is 5.72 Å². The summed E-state index contributed by atoms with van der Waals surface area (Å²) < 4.78 is 6.11. The van der Waals surface area contributed by atoms with Gasteiger partial charge in [0.1, 0.15) is 5.75 Å². The highest BCUT2D eigenvalue weighted by molar-refractivity contribution is 5.98. The fourth-order valence-corrected chi connectivity index (χ4v) is 2.54. The summed E-state index contributed by atoms with van der Waals surface area (Å²) in [5.41, 5.74) is 1.09. The molecule has 3 nitrogen and oxygen atoms in total. The van der Waals surface area contributed by atoms with Gasteiger partial charge in [-0.05, 0) is 17.7 Å². The molecule has 0 bridgehead atoms. The van der Waals surface area contributed by atoms with Crippen LogP contribution in [0.25, 0.3) is 0 Å². The van der Waals surface area contributed by atoms with Crippen molar-refractivity contribution in [2.45, 2.75) is 25.5 Å². The summed E-state index contributed by atoms with van der Waals surface area (Å²) in [5.74, 6) is 0.596. The first-order valence-electron chi connectivity index (χ1n) is 6.87. The van der Waals surface area contributed by atoms with Gasteiger partial charge in [-0.3, -0.25) is 4.79 Å². The molecule has 0 unspecified atom stereocenters. The van der Waals surface area contributed by atoms with Crippen molar-refractivity contribution in [2.75, 3.05) is 0 Å². The second kappa shape index (κ2) is 5.00. The van der Waals surface area contributed by atoms with Gasteiger partial charge in [0.25, 0.3) is 5.91 Å². The zero-order valence-electron chi connectivity index (χ0n) is 11.4. The SMILES string of the molecule is CC[C@@]1(Cc2ccccc2)NC(=O)c2ccccc2O1. The molecule has 1 N–H and O–H groups in total. The number of carbonyl (C=O) groups is 1. The lowest BCUT2D eigenvalue weighted by Crippen LogP contribution is -2.57. The van der Waals surface area contributed by atoms with Gasteiger partial charge in [0, 0.05) is 12.8 Å². The Kier molecular flexibility index (Phi) is 3.18. The van der Waals surface area contributed by atoms with E-state index >= 15 is 0 Å². The number of hydrogen-bond donors (Lipinski definition) is 1. The molecule has 0 aromatic heterocycles. The first-order chi connectivity index (χ1) is 9.72. The lowest BCUT2D eigenvalue weighted by molar-refractivity contribution is 0.0157. The smallest absolute Gasteiger partial charge is 0.258 e. The van der Waals surface area contributed by atoms with Crippen molar-refractivity contribution in [3.05, 3.63) is 65.7 Å². The van der Waals surface area contributed by atoms with Crippen molar-refractivity contribution in [1.82, 2.24) is 5.32 Å². The van der Waals surface area contributed by atoms with E-state index in [2.05, 4.69) is 5.32 Å². The number of hydrogen-bond acceptors (Lipinski definition) is 2. The van der Waals surface area contributed by atoms with E-state index in [4.69, 9.17) is 4.74 Å². The van der Waals surface area contributed by atoms with Crippen molar-refractivity contribution in [3.8, 4) is 5.75 Å². The molecule has 102 valence electrons. The van der Waals surface area contributed by atoms with Crippen LogP contribution < -0.4 is 10.1 Å². The summed E-state index contributed by atoms with van der Waals surface area (Å²) in [6, 6.07) is 17.4. The van der Waals surface area contributed by atoms with Crippen LogP contribution in [0.15, 0.2) is 54.6 Å². The number of para-hydroxylation sites is 1. The summed E-state index contributed by atoms with van der Waals surface area (Å²) in [6.07, 6.45) is 1.37. The molecule has 0 saturated heterocycles. The summed E-state index contributed by atoms with van der Waals surface area (Å²) in [6.45, 7) is 2.02. The zero-order chi connectivity index (χ0) is 14.0. The Bertz CT molecular complexity index is 624. The summed E-state index contributed by atoms with van der Waals surface area (Å²) in [7, 11) is 0. The number of amides is 1. The van der Waals surface area contributed by atoms with E-state index in [0.29, 0.717) is 24.2 Å². The van der Waals surface area contributed by atoms with Crippen molar-refractivity contribution < 1.29 is 9.53 Å². The Hall–Kier alpha value is -2.29. The van der Waals surface area contributed by atoms with Crippen LogP contribution in [0.3, 0.4) is 0 Å². The van der Waals surface area contributed by atoms with Crippen molar-refractivity contribution in [3.63, 3.8) is 0 Å². The lowest BCUT2D eigenvalue weighted by Gasteiger charge is -2.38. The maximum absolute atomic E-state index is 12.3. The summed E-state index contributed by atoms with van der Waals surface area (Å²) in [4.78, 5) is 12.3. The predicted molar refractivity (Wildman–Crippen MR) is 77.7 cm³/mol. The van der Waals surface area contributed by atoms with Crippen molar-refractivity contribution in [1.29, 1.82) is 0 Å². The number of fused-ring (bicyclic) bond motifs is 1. The van der Waals surface area contributed by atoms with E-state index in [9.17, 15) is 4.79 Å². The third kappa shape index (κ3) is 2.27. The van der Waals surface area contributed by atoms with E-state index in [1.54, 1.807) is 6.07 Å². The predicted octanol–water partition coefficient (Wildman–Crippen LogP) is 3.16. The minimum atomic E-state index is -0.660. The molecule has 1 heterocycles. The van der Waals surface area contributed by atoms with Gasteiger partial charge in [0.2, 0.25) is 0 Å². The fourth-order valence-electron chi connectivity index (χ4n) is 2.54. The summed E-state index contributed by atoms with van der Waals surface area (Å²) in [5, 5.41) is 3.02. The molecule has 1 aliphatic rings. The fraction of sp³-hybridized carbons (Fsp3) is 0.235. The van der Waals surface area contributed by atoms with Crippen LogP contribution in [-0.4, -0.2) is 11.6 Å². The van der Waals surface area contributed by atoms with Crippen molar-refractivity contribution >= 4 is 5.91 Å². The Morgan fingerprint density at radius 1 is 1.05 bits per heavy atom. The van der Waals surface area contributed by atoms with Gasteiger partial charge in [-0.2, -0.15) is 0 Å². The van der Waals surface area contributed by atoms with Crippen LogP contribution in [-0.2, 0) is 6.42 Å². The van der Waals surface area contributed by atoms with E-state index in [-0.39, 0.29) is 5.91 Å². The van der Waals surface area contributed by atoms with Gasteiger partial charge in [-0.1, -0.05) is 49.4 Å². The quantitative estimate of drug-likeness (QED) is 0.927. The topological polar surface area (TPSA) is 38.3 Å². The van der Waals surface area contributed by atoms with Crippen molar-refractivity contribution in [2.24, 2.45) is 0 Å². The van der Waals surface area contributed by atoms with E-state index in [1.165, 1.54) is 0 Å². The number of ether oxygens (including phenoxy) is 1. The van der Waals surface area contributed by atoms with E-state index in [1.807, 2.05) is 55.5 Å². The van der Waals surface area contributed by atoms with Gasteiger partial charge >= 0.3 is 0 Å². The first-order valence-corrected chi connectivity index (χ1v) is 6.87. The molecule has 0 saturated carbocycles. The normalized spacial score (nSPS) is 20.8. The number of carbonyl (C=O) groups excluding carboxylic acids is 1. The Balaban J connectivity index is 1.93. The Labute approximate surface area is 118 Å². The van der Waals surface area contributed by atoms with E-state index < -0.39 is 5.72 Å². The van der Waals surface area contributed by atoms with Crippen LogP contribution in [0.4, 0.5) is 0 Å². The average Bonchev–Trinajstić information content (AvgIpc) is 2.48. The van der Waals surface area contributed by atoms with Crippen LogP contribution >= 0.6 is 0 Å². The highest BCUT2D eigenvalue weighted by atomic mass is 16.5. The zero-order valence-corrected chi connectivity index (χ0v) is 11.4. The largest absolute Gasteiger partial charge is 0.467 e. The first kappa shape index (κ1) is 12.7. The van der Waals surface area contributed by atoms with Crippen LogP contribution in [0.2, 0.25) is 0 Å². The molecule has 20 heavy (non-hydrogen) atoms. The Morgan fingerprint density at radius 3 is 2.50 bits per heavy atom. The van der Waals surface area contributed by atoms with Gasteiger partial charge < -0.3 is 10.1 Å². The highest BCUT2D eigenvalue weighted by Crippen LogP contribution is 2.31. The molecule has 1 atom stereocenters. The molecule has 0 fully saturated rings. The third-order valence-corrected chi connectivity index (χ3v) is 3.68. The van der Waals surface area contributed by atoms with Gasteiger partial charge in [-0.15, -0.1) is 0 Å². The molecule has 2 aromatic rings. The monoisotopic (exact) mass is 267 g/mol. The molecule has 3 rings (SSSR count). The average molecular weight is 267 g/mol. The van der Waals surface area contributed by atoms with E-state index in [0.717, 1.165) is 5.56 Å². The number of rotatable bonds is 3. The molecule has 0 radical (unpaired) electrons. The lowest BCUT2D eigenvalue weighted by atomic mass is 9.97. The molecular formula is C17H17NO2. The van der Waals surface area contributed by atoms with Crippen LogP contribution in [0, 0.1) is 0 Å². The van der Waals surface area contributed by atoms with Gasteiger partial charge in [-0.25, -0.2) is 0 Å². The molecular weight excluding hydrogens is 250 g/mol. The second-order valence-electron chi connectivity index (χ2n) is 5.06. The van der Waals surface area contributed by atoms with Crippen LogP contribution in [0.1, 0.15) is 29.3 Å².